The predicted molar refractivity (Wildman–Crippen MR) is 73.6 cm³/mol. The van der Waals surface area contributed by atoms with Crippen LogP contribution >= 0.6 is 0 Å². The first-order valence-electron chi connectivity index (χ1n) is 5.51. The average Bonchev–Trinajstić information content (AvgIpc) is 2.37. The van der Waals surface area contributed by atoms with Gasteiger partial charge in [-0.25, -0.2) is 0 Å². The molecule has 1 nitrogen and oxygen atoms in total. The maximum Gasteiger partial charge on any atom is 0.185 e. The van der Waals surface area contributed by atoms with Crippen molar-refractivity contribution < 1.29 is 4.79 Å². The van der Waals surface area contributed by atoms with E-state index in [1.165, 1.54) is 0 Å². The topological polar surface area (TPSA) is 17.1 Å². The van der Waals surface area contributed by atoms with Gasteiger partial charge in [0.1, 0.15) is 0 Å². The van der Waals surface area contributed by atoms with E-state index in [4.69, 9.17) is 0 Å². The minimum atomic E-state index is -0.0214. The maximum absolute atomic E-state index is 11.8. The van der Waals surface area contributed by atoms with Gasteiger partial charge in [-0.3, -0.25) is 4.79 Å². The third-order valence-corrected chi connectivity index (χ3v) is 2.15. The van der Waals surface area contributed by atoms with Crippen LogP contribution in [0.2, 0.25) is 0 Å². The number of ketones is 1. The molecule has 0 aromatic heterocycles. The van der Waals surface area contributed by atoms with E-state index >= 15 is 0 Å². The molecule has 0 bridgehead atoms. The summed E-state index contributed by atoms with van der Waals surface area (Å²) in [6.07, 6.45) is 10.3. The Labute approximate surface area is 102 Å². The van der Waals surface area contributed by atoms with Gasteiger partial charge in [0.15, 0.2) is 5.78 Å². The first kappa shape index (κ1) is 12.9. The number of hydrogen-bond donors (Lipinski definition) is 0. The average molecular weight is 224 g/mol. The molecule has 1 aromatic rings. The molecule has 1 rings (SSSR count). The number of benzene rings is 1. The van der Waals surface area contributed by atoms with Gasteiger partial charge in [0.05, 0.1) is 0 Å². The summed E-state index contributed by atoms with van der Waals surface area (Å²) in [7, 11) is 0. The fourth-order valence-electron chi connectivity index (χ4n) is 1.36. The van der Waals surface area contributed by atoms with Crippen LogP contribution in [0.3, 0.4) is 0 Å². The van der Waals surface area contributed by atoms with E-state index in [1.807, 2.05) is 49.4 Å². The monoisotopic (exact) mass is 224 g/mol. The minimum absolute atomic E-state index is 0.0214. The standard InChI is InChI=1S/C16H16O/c1-3-8-15(9-4-2)16(17)13-12-14-10-6-5-7-11-14/h3-13H,1H2,2H3/b9-4-,13-12+,15-8+. The van der Waals surface area contributed by atoms with E-state index in [0.29, 0.717) is 5.57 Å². The molecular weight excluding hydrogens is 208 g/mol. The molecule has 1 aromatic carbocycles. The van der Waals surface area contributed by atoms with Crippen LogP contribution in [-0.4, -0.2) is 5.78 Å². The molecule has 17 heavy (non-hydrogen) atoms. The molecule has 0 radical (unpaired) electrons. The molecule has 86 valence electrons. The number of carbonyl (C=O) groups excluding carboxylic acids is 1. The Morgan fingerprint density at radius 1 is 1.18 bits per heavy atom. The highest BCUT2D eigenvalue weighted by atomic mass is 16.1. The summed E-state index contributed by atoms with van der Waals surface area (Å²) in [4.78, 5) is 11.8. The summed E-state index contributed by atoms with van der Waals surface area (Å²) in [6, 6.07) is 9.74. The second-order valence-corrected chi connectivity index (χ2v) is 3.47. The van der Waals surface area contributed by atoms with E-state index in [-0.39, 0.29) is 5.78 Å². The van der Waals surface area contributed by atoms with Crippen molar-refractivity contribution in [2.75, 3.05) is 0 Å². The fraction of sp³-hybridized carbons (Fsp3) is 0.0625. The molecule has 1 heteroatoms. The Bertz CT molecular complexity index is 462. The molecule has 0 aliphatic rings. The van der Waals surface area contributed by atoms with Crippen LogP contribution in [0.5, 0.6) is 0 Å². The van der Waals surface area contributed by atoms with Crippen molar-refractivity contribution >= 4 is 11.9 Å². The molecule has 0 unspecified atom stereocenters. The van der Waals surface area contributed by atoms with Crippen LogP contribution in [0, 0.1) is 0 Å². The van der Waals surface area contributed by atoms with Crippen molar-refractivity contribution in [3.05, 3.63) is 78.4 Å². The van der Waals surface area contributed by atoms with Crippen LogP contribution < -0.4 is 0 Å². The zero-order chi connectivity index (χ0) is 12.5. The van der Waals surface area contributed by atoms with Gasteiger partial charge in [0.25, 0.3) is 0 Å². The molecule has 0 atom stereocenters. The maximum atomic E-state index is 11.8. The minimum Gasteiger partial charge on any atom is -0.289 e. The van der Waals surface area contributed by atoms with E-state index < -0.39 is 0 Å². The van der Waals surface area contributed by atoms with Gasteiger partial charge in [-0.15, -0.1) is 0 Å². The third kappa shape index (κ3) is 4.47. The summed E-state index contributed by atoms with van der Waals surface area (Å²) in [5.41, 5.74) is 1.65. The molecule has 0 heterocycles. The fourth-order valence-corrected chi connectivity index (χ4v) is 1.36. The SMILES string of the molecule is C=C/C=C(\C=C/C)C(=O)/C=C/c1ccccc1. The van der Waals surface area contributed by atoms with Crippen molar-refractivity contribution in [1.82, 2.24) is 0 Å². The lowest BCUT2D eigenvalue weighted by molar-refractivity contribution is -0.111. The molecule has 0 spiro atoms. The highest BCUT2D eigenvalue weighted by Gasteiger charge is 2.00. The summed E-state index contributed by atoms with van der Waals surface area (Å²) < 4.78 is 0. The lowest BCUT2D eigenvalue weighted by Gasteiger charge is -1.95. The van der Waals surface area contributed by atoms with Gasteiger partial charge in [-0.2, -0.15) is 0 Å². The third-order valence-electron chi connectivity index (χ3n) is 2.15. The van der Waals surface area contributed by atoms with Gasteiger partial charge in [-0.05, 0) is 18.6 Å². The normalized spacial score (nSPS) is 12.2. The lowest BCUT2D eigenvalue weighted by atomic mass is 10.1. The second-order valence-electron chi connectivity index (χ2n) is 3.47. The van der Waals surface area contributed by atoms with Crippen LogP contribution in [0.15, 0.2) is 72.9 Å². The molecule has 0 amide bonds. The predicted octanol–water partition coefficient (Wildman–Crippen LogP) is 3.96. The summed E-state index contributed by atoms with van der Waals surface area (Å²) >= 11 is 0. The second kappa shape index (κ2) is 7.18. The smallest absolute Gasteiger partial charge is 0.185 e. The quantitative estimate of drug-likeness (QED) is 0.546. The molecule has 0 aliphatic carbocycles. The molecule has 0 saturated heterocycles. The zero-order valence-corrected chi connectivity index (χ0v) is 9.97. The van der Waals surface area contributed by atoms with Gasteiger partial charge in [0, 0.05) is 5.57 Å². The highest BCUT2D eigenvalue weighted by Crippen LogP contribution is 2.05. The summed E-state index contributed by atoms with van der Waals surface area (Å²) in [5, 5.41) is 0. The first-order valence-corrected chi connectivity index (χ1v) is 5.51. The molecule has 0 fully saturated rings. The number of rotatable bonds is 5. The largest absolute Gasteiger partial charge is 0.289 e. The Balaban J connectivity index is 2.81. The Kier molecular flexibility index (Phi) is 5.45. The van der Waals surface area contributed by atoms with Crippen molar-refractivity contribution in [2.24, 2.45) is 0 Å². The summed E-state index contributed by atoms with van der Waals surface area (Å²) in [5.74, 6) is -0.0214. The number of carbonyl (C=O) groups is 1. The van der Waals surface area contributed by atoms with Crippen LogP contribution in [-0.2, 0) is 4.79 Å². The molecule has 0 aliphatic heterocycles. The van der Waals surface area contributed by atoms with E-state index in [9.17, 15) is 4.79 Å². The van der Waals surface area contributed by atoms with Crippen molar-refractivity contribution in [3.63, 3.8) is 0 Å². The van der Waals surface area contributed by atoms with Crippen LogP contribution in [0.25, 0.3) is 6.08 Å². The number of allylic oxidation sites excluding steroid dienone is 6. The molecule has 0 saturated carbocycles. The lowest BCUT2D eigenvalue weighted by Crippen LogP contribution is -1.94. The van der Waals surface area contributed by atoms with Gasteiger partial charge in [0.2, 0.25) is 0 Å². The van der Waals surface area contributed by atoms with Crippen LogP contribution in [0.1, 0.15) is 12.5 Å². The number of hydrogen-bond acceptors (Lipinski definition) is 1. The van der Waals surface area contributed by atoms with Crippen molar-refractivity contribution in [1.29, 1.82) is 0 Å². The molecule has 0 N–H and O–H groups in total. The van der Waals surface area contributed by atoms with Crippen molar-refractivity contribution in [2.45, 2.75) is 6.92 Å². The van der Waals surface area contributed by atoms with E-state index in [0.717, 1.165) is 5.56 Å². The van der Waals surface area contributed by atoms with Crippen LogP contribution in [0.4, 0.5) is 0 Å². The zero-order valence-electron chi connectivity index (χ0n) is 9.97. The summed E-state index contributed by atoms with van der Waals surface area (Å²) in [6.45, 7) is 5.48. The van der Waals surface area contributed by atoms with Gasteiger partial charge < -0.3 is 0 Å². The highest BCUT2D eigenvalue weighted by molar-refractivity contribution is 6.08. The van der Waals surface area contributed by atoms with Crippen molar-refractivity contribution in [3.8, 4) is 0 Å². The van der Waals surface area contributed by atoms with E-state index in [1.54, 1.807) is 24.3 Å². The Hall–Kier alpha value is -2.15. The Morgan fingerprint density at radius 2 is 1.88 bits per heavy atom. The first-order chi connectivity index (χ1) is 8.27. The Morgan fingerprint density at radius 3 is 2.47 bits per heavy atom. The van der Waals surface area contributed by atoms with E-state index in [2.05, 4.69) is 6.58 Å². The van der Waals surface area contributed by atoms with Gasteiger partial charge in [-0.1, -0.05) is 67.3 Å². The molecular formula is C16H16O. The van der Waals surface area contributed by atoms with Gasteiger partial charge >= 0.3 is 0 Å².